The summed E-state index contributed by atoms with van der Waals surface area (Å²) in [6.07, 6.45) is 4.08. The molecule has 0 aliphatic heterocycles. The van der Waals surface area contributed by atoms with Crippen molar-refractivity contribution >= 4 is 50.7 Å². The zero-order chi connectivity index (χ0) is 20.1. The molecule has 0 saturated heterocycles. The Morgan fingerprint density at radius 3 is 2.59 bits per heavy atom. The van der Waals surface area contributed by atoms with Crippen molar-refractivity contribution in [1.82, 2.24) is 4.57 Å². The third kappa shape index (κ3) is 4.81. The van der Waals surface area contributed by atoms with Crippen molar-refractivity contribution < 1.29 is 5.11 Å². The van der Waals surface area contributed by atoms with Crippen LogP contribution in [0.15, 0.2) is 65.0 Å². The Morgan fingerprint density at radius 2 is 1.76 bits per heavy atom. The molecular formula is C23H23ClN2OS2. The van der Waals surface area contributed by atoms with E-state index in [-0.39, 0.29) is 6.61 Å². The van der Waals surface area contributed by atoms with Gasteiger partial charge in [0.25, 0.3) is 0 Å². The second-order valence-corrected chi connectivity index (χ2v) is 9.46. The van der Waals surface area contributed by atoms with Gasteiger partial charge in [-0.2, -0.15) is 0 Å². The monoisotopic (exact) mass is 442 g/mol. The number of hydrogen-bond donors (Lipinski definition) is 1. The molecule has 150 valence electrons. The van der Waals surface area contributed by atoms with E-state index in [1.165, 1.54) is 21.3 Å². The zero-order valence-electron chi connectivity index (χ0n) is 16.1. The third-order valence-electron chi connectivity index (χ3n) is 4.90. The van der Waals surface area contributed by atoms with Crippen LogP contribution in [0, 0.1) is 0 Å². The highest BCUT2D eigenvalue weighted by Crippen LogP contribution is 2.32. The summed E-state index contributed by atoms with van der Waals surface area (Å²) in [5.41, 5.74) is 2.17. The van der Waals surface area contributed by atoms with Crippen molar-refractivity contribution in [1.29, 1.82) is 0 Å². The van der Waals surface area contributed by atoms with Crippen LogP contribution in [0.25, 0.3) is 21.3 Å². The molecule has 2 aromatic carbocycles. The summed E-state index contributed by atoms with van der Waals surface area (Å²) in [4.78, 5) is 7.22. The summed E-state index contributed by atoms with van der Waals surface area (Å²) >= 11 is 9.46. The third-order valence-corrected chi connectivity index (χ3v) is 7.01. The van der Waals surface area contributed by atoms with Gasteiger partial charge in [-0.1, -0.05) is 60.8 Å². The van der Waals surface area contributed by atoms with Gasteiger partial charge in [0.1, 0.15) is 0 Å². The fraction of sp³-hybridized carbons (Fsp3) is 0.261. The van der Waals surface area contributed by atoms with Crippen molar-refractivity contribution in [3.8, 4) is 10.6 Å². The molecule has 4 rings (SSSR count). The summed E-state index contributed by atoms with van der Waals surface area (Å²) in [6, 6.07) is 18.7. The van der Waals surface area contributed by atoms with E-state index in [2.05, 4.69) is 58.5 Å². The van der Waals surface area contributed by atoms with Crippen LogP contribution in [-0.4, -0.2) is 16.3 Å². The van der Waals surface area contributed by atoms with Gasteiger partial charge >= 0.3 is 0 Å². The minimum absolute atomic E-state index is 0.270. The number of thiophene rings is 1. The molecule has 0 unspecified atom stereocenters. The van der Waals surface area contributed by atoms with Crippen molar-refractivity contribution in [2.24, 2.45) is 4.99 Å². The first-order valence-electron chi connectivity index (χ1n) is 9.83. The molecular weight excluding hydrogens is 420 g/mol. The predicted molar refractivity (Wildman–Crippen MR) is 125 cm³/mol. The second-order valence-electron chi connectivity index (χ2n) is 6.91. The SMILES string of the molecule is OCCCCCCn1c(-c2ccc(Cl)s2)csc1=Nc1cccc2ccccc12. The van der Waals surface area contributed by atoms with E-state index >= 15 is 0 Å². The molecule has 1 N–H and O–H groups in total. The van der Waals surface area contributed by atoms with Gasteiger partial charge in [-0.15, -0.1) is 22.7 Å². The number of halogens is 1. The van der Waals surface area contributed by atoms with Crippen LogP contribution < -0.4 is 4.80 Å². The Hall–Kier alpha value is -1.92. The topological polar surface area (TPSA) is 37.5 Å². The number of benzene rings is 2. The highest BCUT2D eigenvalue weighted by atomic mass is 35.5. The van der Waals surface area contributed by atoms with Crippen LogP contribution in [0.1, 0.15) is 25.7 Å². The number of hydrogen-bond acceptors (Lipinski definition) is 4. The molecule has 0 spiro atoms. The summed E-state index contributed by atoms with van der Waals surface area (Å²) < 4.78 is 3.11. The van der Waals surface area contributed by atoms with Crippen LogP contribution in [0.3, 0.4) is 0 Å². The molecule has 0 saturated carbocycles. The number of nitrogens with zero attached hydrogens (tertiary/aromatic N) is 2. The van der Waals surface area contributed by atoms with E-state index in [0.717, 1.165) is 47.1 Å². The minimum atomic E-state index is 0.270. The zero-order valence-corrected chi connectivity index (χ0v) is 18.4. The molecule has 0 amide bonds. The number of thiazole rings is 1. The van der Waals surface area contributed by atoms with Gasteiger partial charge in [-0.05, 0) is 36.4 Å². The first-order chi connectivity index (χ1) is 14.3. The lowest BCUT2D eigenvalue weighted by molar-refractivity contribution is 0.282. The fourth-order valence-electron chi connectivity index (χ4n) is 3.43. The maximum atomic E-state index is 9.01. The fourth-order valence-corrected chi connectivity index (χ4v) is 5.51. The molecule has 29 heavy (non-hydrogen) atoms. The molecule has 3 nitrogen and oxygen atoms in total. The number of aromatic nitrogens is 1. The second kappa shape index (κ2) is 9.72. The van der Waals surface area contributed by atoms with Crippen LogP contribution >= 0.6 is 34.3 Å². The average Bonchev–Trinajstić information content (AvgIpc) is 3.34. The molecule has 0 bridgehead atoms. The summed E-state index contributed by atoms with van der Waals surface area (Å²) in [6.45, 7) is 1.18. The molecule has 0 aliphatic carbocycles. The van der Waals surface area contributed by atoms with E-state index in [0.29, 0.717) is 0 Å². The maximum Gasteiger partial charge on any atom is 0.190 e. The Balaban J connectivity index is 1.74. The Morgan fingerprint density at radius 1 is 0.931 bits per heavy atom. The highest BCUT2D eigenvalue weighted by molar-refractivity contribution is 7.19. The average molecular weight is 443 g/mol. The smallest absolute Gasteiger partial charge is 0.190 e. The van der Waals surface area contributed by atoms with Gasteiger partial charge in [-0.3, -0.25) is 0 Å². The van der Waals surface area contributed by atoms with E-state index < -0.39 is 0 Å². The Bertz CT molecular complexity index is 1150. The van der Waals surface area contributed by atoms with E-state index in [1.807, 2.05) is 6.07 Å². The molecule has 2 heterocycles. The van der Waals surface area contributed by atoms with Crippen molar-refractivity contribution in [3.63, 3.8) is 0 Å². The van der Waals surface area contributed by atoms with Gasteiger partial charge in [0.05, 0.1) is 20.6 Å². The summed E-state index contributed by atoms with van der Waals surface area (Å²) in [7, 11) is 0. The number of aliphatic hydroxyl groups excluding tert-OH is 1. The summed E-state index contributed by atoms with van der Waals surface area (Å²) in [5.74, 6) is 0. The Kier molecular flexibility index (Phi) is 6.82. The molecule has 0 aliphatic rings. The molecule has 2 aromatic heterocycles. The van der Waals surface area contributed by atoms with Gasteiger partial charge in [-0.25, -0.2) is 4.99 Å². The normalized spacial score (nSPS) is 12.1. The van der Waals surface area contributed by atoms with E-state index in [1.54, 1.807) is 22.7 Å². The molecule has 0 radical (unpaired) electrons. The van der Waals surface area contributed by atoms with Gasteiger partial charge in [0.15, 0.2) is 4.80 Å². The first-order valence-corrected chi connectivity index (χ1v) is 11.9. The number of rotatable bonds is 8. The molecule has 6 heteroatoms. The van der Waals surface area contributed by atoms with Crippen LogP contribution in [0.2, 0.25) is 4.34 Å². The Labute approximate surface area is 183 Å². The maximum absolute atomic E-state index is 9.01. The molecule has 0 fully saturated rings. The predicted octanol–water partition coefficient (Wildman–Crippen LogP) is 6.87. The lowest BCUT2D eigenvalue weighted by Gasteiger charge is -2.08. The summed E-state index contributed by atoms with van der Waals surface area (Å²) in [5, 5.41) is 13.6. The standard InChI is InChI=1S/C23H23ClN2OS2/c24-22-13-12-21(29-22)20-16-28-23(26(20)14-5-1-2-6-15-27)25-19-11-7-9-17-8-3-4-10-18(17)19/h3-4,7-13,16,27H,1-2,5-6,14-15H2. The quantitative estimate of drug-likeness (QED) is 0.297. The van der Waals surface area contributed by atoms with E-state index in [9.17, 15) is 0 Å². The van der Waals surface area contributed by atoms with Crippen LogP contribution in [-0.2, 0) is 6.54 Å². The van der Waals surface area contributed by atoms with Gasteiger partial charge < -0.3 is 9.67 Å². The van der Waals surface area contributed by atoms with Gasteiger partial charge in [0.2, 0.25) is 0 Å². The highest BCUT2D eigenvalue weighted by Gasteiger charge is 2.11. The molecule has 0 atom stereocenters. The van der Waals surface area contributed by atoms with Crippen LogP contribution in [0.5, 0.6) is 0 Å². The van der Waals surface area contributed by atoms with Crippen molar-refractivity contribution in [2.45, 2.75) is 32.2 Å². The lowest BCUT2D eigenvalue weighted by Crippen LogP contribution is -2.15. The van der Waals surface area contributed by atoms with Crippen molar-refractivity contribution in [3.05, 3.63) is 69.1 Å². The minimum Gasteiger partial charge on any atom is -0.396 e. The first kappa shape index (κ1) is 20.4. The van der Waals surface area contributed by atoms with Crippen molar-refractivity contribution in [2.75, 3.05) is 6.61 Å². The number of aliphatic hydroxyl groups is 1. The largest absolute Gasteiger partial charge is 0.396 e. The number of unbranched alkanes of at least 4 members (excludes halogenated alkanes) is 3. The lowest BCUT2D eigenvalue weighted by atomic mass is 10.1. The molecule has 4 aromatic rings. The van der Waals surface area contributed by atoms with Crippen LogP contribution in [0.4, 0.5) is 5.69 Å². The van der Waals surface area contributed by atoms with Gasteiger partial charge in [0, 0.05) is 23.9 Å². The number of fused-ring (bicyclic) bond motifs is 1. The van der Waals surface area contributed by atoms with E-state index in [4.69, 9.17) is 21.7 Å².